The minimum absolute atomic E-state index is 0.215. The lowest BCUT2D eigenvalue weighted by atomic mass is 10.0. The molecule has 0 spiro atoms. The topological polar surface area (TPSA) is 20.2 Å². The zero-order chi connectivity index (χ0) is 14.2. The van der Waals surface area contributed by atoms with Crippen LogP contribution in [-0.2, 0) is 0 Å². The fourth-order valence-electron chi connectivity index (χ4n) is 1.64. The van der Waals surface area contributed by atoms with E-state index in [0.717, 1.165) is 24.3 Å². The van der Waals surface area contributed by atoms with E-state index in [1.807, 2.05) is 0 Å². The van der Waals surface area contributed by atoms with Gasteiger partial charge >= 0.3 is 0 Å². The van der Waals surface area contributed by atoms with E-state index >= 15 is 0 Å². The van der Waals surface area contributed by atoms with Crippen molar-refractivity contribution in [1.29, 1.82) is 0 Å². The molecular formula is C13H7F4IO. The zero-order valence-corrected chi connectivity index (χ0v) is 11.5. The first-order valence-electron chi connectivity index (χ1n) is 5.18. The molecule has 2 aromatic carbocycles. The maximum atomic E-state index is 13.6. The van der Waals surface area contributed by atoms with Crippen molar-refractivity contribution in [2.45, 2.75) is 6.10 Å². The van der Waals surface area contributed by atoms with Gasteiger partial charge in [-0.2, -0.15) is 0 Å². The van der Waals surface area contributed by atoms with E-state index in [0.29, 0.717) is 3.57 Å². The van der Waals surface area contributed by atoms with Crippen LogP contribution < -0.4 is 0 Å². The molecular weight excluding hydrogens is 375 g/mol. The molecule has 1 N–H and O–H groups in total. The van der Waals surface area contributed by atoms with Crippen molar-refractivity contribution in [3.63, 3.8) is 0 Å². The largest absolute Gasteiger partial charge is 0.384 e. The van der Waals surface area contributed by atoms with Gasteiger partial charge in [0.2, 0.25) is 0 Å². The Morgan fingerprint density at radius 2 is 1.53 bits per heavy atom. The Hall–Kier alpha value is -1.15. The predicted octanol–water partition coefficient (Wildman–Crippen LogP) is 3.93. The molecule has 1 unspecified atom stereocenters. The van der Waals surface area contributed by atoms with Crippen LogP contribution in [0.15, 0.2) is 30.3 Å². The quantitative estimate of drug-likeness (QED) is 0.474. The first-order valence-corrected chi connectivity index (χ1v) is 6.26. The molecule has 1 atom stereocenters. The summed E-state index contributed by atoms with van der Waals surface area (Å²) in [5.74, 6) is -4.94. The standard InChI is InChI=1S/C13H7F4IO/c14-6-1-2-7(10(18)5-6)13(19)8-3-4-9(15)12(17)11(8)16/h1-5,13,19H. The molecule has 0 amide bonds. The van der Waals surface area contributed by atoms with Crippen molar-refractivity contribution < 1.29 is 22.7 Å². The molecule has 0 fully saturated rings. The van der Waals surface area contributed by atoms with E-state index in [-0.39, 0.29) is 5.56 Å². The van der Waals surface area contributed by atoms with E-state index in [1.165, 1.54) is 6.07 Å². The predicted molar refractivity (Wildman–Crippen MR) is 69.5 cm³/mol. The molecule has 0 saturated heterocycles. The van der Waals surface area contributed by atoms with Gasteiger partial charge in [-0.3, -0.25) is 0 Å². The third kappa shape index (κ3) is 2.74. The maximum absolute atomic E-state index is 13.6. The minimum Gasteiger partial charge on any atom is -0.384 e. The van der Waals surface area contributed by atoms with Gasteiger partial charge in [-0.15, -0.1) is 0 Å². The van der Waals surface area contributed by atoms with Crippen molar-refractivity contribution in [2.24, 2.45) is 0 Å². The molecule has 0 radical (unpaired) electrons. The monoisotopic (exact) mass is 382 g/mol. The number of benzene rings is 2. The summed E-state index contributed by atoms with van der Waals surface area (Å²) >= 11 is 1.76. The van der Waals surface area contributed by atoms with Gasteiger partial charge in [0.05, 0.1) is 0 Å². The van der Waals surface area contributed by atoms with Crippen LogP contribution in [0.4, 0.5) is 17.6 Å². The smallest absolute Gasteiger partial charge is 0.194 e. The Bertz CT molecular complexity index is 630. The molecule has 0 aliphatic carbocycles. The Morgan fingerprint density at radius 3 is 2.16 bits per heavy atom. The molecule has 0 heterocycles. The third-order valence-corrected chi connectivity index (χ3v) is 3.55. The molecule has 0 aromatic heterocycles. The van der Waals surface area contributed by atoms with Crippen LogP contribution in [0.2, 0.25) is 0 Å². The molecule has 0 saturated carbocycles. The van der Waals surface area contributed by atoms with Crippen LogP contribution in [0.3, 0.4) is 0 Å². The number of hydrogen-bond donors (Lipinski definition) is 1. The van der Waals surface area contributed by atoms with Crippen molar-refractivity contribution in [2.75, 3.05) is 0 Å². The van der Waals surface area contributed by atoms with E-state index in [1.54, 1.807) is 22.6 Å². The number of halogens is 5. The van der Waals surface area contributed by atoms with Gasteiger partial charge in [0, 0.05) is 9.13 Å². The average Bonchev–Trinajstić information content (AvgIpc) is 2.35. The van der Waals surface area contributed by atoms with E-state index in [9.17, 15) is 22.7 Å². The van der Waals surface area contributed by atoms with Gasteiger partial charge in [-0.1, -0.05) is 12.1 Å². The second-order valence-electron chi connectivity index (χ2n) is 3.83. The summed E-state index contributed by atoms with van der Waals surface area (Å²) < 4.78 is 52.8. The Labute approximate surface area is 120 Å². The lowest BCUT2D eigenvalue weighted by molar-refractivity contribution is 0.211. The summed E-state index contributed by atoms with van der Waals surface area (Å²) in [5.41, 5.74) is -0.185. The molecule has 2 aromatic rings. The van der Waals surface area contributed by atoms with Crippen LogP contribution in [0.25, 0.3) is 0 Å². The van der Waals surface area contributed by atoms with Crippen LogP contribution in [-0.4, -0.2) is 5.11 Å². The van der Waals surface area contributed by atoms with Crippen molar-refractivity contribution in [1.82, 2.24) is 0 Å². The molecule has 1 nitrogen and oxygen atoms in total. The highest BCUT2D eigenvalue weighted by Gasteiger charge is 2.22. The molecule has 0 aliphatic heterocycles. The van der Waals surface area contributed by atoms with Gasteiger partial charge in [0.1, 0.15) is 11.9 Å². The third-order valence-electron chi connectivity index (χ3n) is 2.62. The molecule has 0 bridgehead atoms. The number of hydrogen-bond acceptors (Lipinski definition) is 1. The second kappa shape index (κ2) is 5.46. The normalized spacial score (nSPS) is 12.5. The molecule has 2 rings (SSSR count). The van der Waals surface area contributed by atoms with E-state index in [4.69, 9.17) is 0 Å². The van der Waals surface area contributed by atoms with Crippen LogP contribution >= 0.6 is 22.6 Å². The van der Waals surface area contributed by atoms with Crippen molar-refractivity contribution in [3.05, 3.63) is 68.3 Å². The number of aliphatic hydroxyl groups is 1. The summed E-state index contributed by atoms with van der Waals surface area (Å²) in [4.78, 5) is 0. The van der Waals surface area contributed by atoms with Gasteiger partial charge in [-0.25, -0.2) is 17.6 Å². The zero-order valence-electron chi connectivity index (χ0n) is 9.30. The average molecular weight is 382 g/mol. The summed E-state index contributed by atoms with van der Waals surface area (Å²) in [6.45, 7) is 0. The summed E-state index contributed by atoms with van der Waals surface area (Å²) in [6, 6.07) is 5.20. The molecule has 19 heavy (non-hydrogen) atoms. The van der Waals surface area contributed by atoms with Gasteiger partial charge < -0.3 is 5.11 Å². The minimum atomic E-state index is -1.64. The molecule has 100 valence electrons. The lowest BCUT2D eigenvalue weighted by Crippen LogP contribution is -2.07. The number of rotatable bonds is 2. The summed E-state index contributed by atoms with van der Waals surface area (Å²) in [6.07, 6.45) is -1.50. The molecule has 0 aliphatic rings. The van der Waals surface area contributed by atoms with E-state index in [2.05, 4.69) is 0 Å². The van der Waals surface area contributed by atoms with Crippen molar-refractivity contribution >= 4 is 22.6 Å². The summed E-state index contributed by atoms with van der Waals surface area (Å²) in [5, 5.41) is 10.0. The second-order valence-corrected chi connectivity index (χ2v) is 5.00. The Balaban J connectivity index is 2.50. The van der Waals surface area contributed by atoms with Crippen LogP contribution in [0, 0.1) is 26.8 Å². The van der Waals surface area contributed by atoms with E-state index < -0.39 is 34.9 Å². The highest BCUT2D eigenvalue weighted by Crippen LogP contribution is 2.29. The fourth-order valence-corrected chi connectivity index (χ4v) is 2.42. The highest BCUT2D eigenvalue weighted by atomic mass is 127. The summed E-state index contributed by atoms with van der Waals surface area (Å²) in [7, 11) is 0. The first kappa shape index (κ1) is 14.3. The Morgan fingerprint density at radius 1 is 0.895 bits per heavy atom. The van der Waals surface area contributed by atoms with Gasteiger partial charge in [0.15, 0.2) is 17.5 Å². The van der Waals surface area contributed by atoms with Gasteiger partial charge in [0.25, 0.3) is 0 Å². The fraction of sp³-hybridized carbons (Fsp3) is 0.0769. The van der Waals surface area contributed by atoms with Crippen LogP contribution in [0.5, 0.6) is 0 Å². The van der Waals surface area contributed by atoms with Crippen molar-refractivity contribution in [3.8, 4) is 0 Å². The Kier molecular flexibility index (Phi) is 4.10. The maximum Gasteiger partial charge on any atom is 0.194 e. The highest BCUT2D eigenvalue weighted by molar-refractivity contribution is 14.1. The number of aliphatic hydroxyl groups excluding tert-OH is 1. The van der Waals surface area contributed by atoms with Gasteiger partial charge in [-0.05, 0) is 46.4 Å². The molecule has 6 heteroatoms. The lowest BCUT2D eigenvalue weighted by Gasteiger charge is -2.14. The SMILES string of the molecule is OC(c1ccc(F)cc1I)c1ccc(F)c(F)c1F. The van der Waals surface area contributed by atoms with Crippen LogP contribution in [0.1, 0.15) is 17.2 Å². The first-order chi connectivity index (χ1) is 8.91.